The zero-order valence-electron chi connectivity index (χ0n) is 13.1. The van der Waals surface area contributed by atoms with Gasteiger partial charge in [0.1, 0.15) is 0 Å². The van der Waals surface area contributed by atoms with Gasteiger partial charge in [-0.2, -0.15) is 0 Å². The van der Waals surface area contributed by atoms with E-state index < -0.39 is 5.97 Å². The van der Waals surface area contributed by atoms with E-state index in [2.05, 4.69) is 18.9 Å². The minimum atomic E-state index is -0.746. The number of amides is 2. The van der Waals surface area contributed by atoms with Crippen molar-refractivity contribution in [2.75, 3.05) is 39.8 Å². The normalized spacial score (nSPS) is 27.7. The second-order valence-electron chi connectivity index (χ2n) is 6.47. The monoisotopic (exact) mass is 297 g/mol. The number of likely N-dealkylation sites (tertiary alicyclic amines) is 1. The molecule has 2 unspecified atom stereocenters. The van der Waals surface area contributed by atoms with Gasteiger partial charge in [0.15, 0.2) is 0 Å². The number of rotatable bonds is 3. The zero-order chi connectivity index (χ0) is 15.4. The van der Waals surface area contributed by atoms with Crippen LogP contribution in [0.3, 0.4) is 0 Å². The van der Waals surface area contributed by atoms with Crippen molar-refractivity contribution in [3.05, 3.63) is 0 Å². The van der Waals surface area contributed by atoms with Crippen molar-refractivity contribution in [1.82, 2.24) is 14.7 Å². The SMILES string of the molecule is CC1CN(C)CCCN1C(=O)N1CCC(CCC(=O)O)C1. The van der Waals surface area contributed by atoms with Gasteiger partial charge in [-0.05, 0) is 45.7 Å². The van der Waals surface area contributed by atoms with Crippen molar-refractivity contribution in [3.63, 3.8) is 0 Å². The molecule has 2 amide bonds. The van der Waals surface area contributed by atoms with Crippen molar-refractivity contribution >= 4 is 12.0 Å². The second kappa shape index (κ2) is 7.11. The van der Waals surface area contributed by atoms with Gasteiger partial charge in [-0.3, -0.25) is 4.79 Å². The smallest absolute Gasteiger partial charge is 0.320 e. The topological polar surface area (TPSA) is 64.1 Å². The third-order valence-electron chi connectivity index (χ3n) is 4.62. The highest BCUT2D eigenvalue weighted by Crippen LogP contribution is 2.23. The first-order valence-electron chi connectivity index (χ1n) is 7.93. The molecular weight excluding hydrogens is 270 g/mol. The van der Waals surface area contributed by atoms with Crippen molar-refractivity contribution in [1.29, 1.82) is 0 Å². The molecule has 2 atom stereocenters. The molecule has 1 N–H and O–H groups in total. The standard InChI is InChI=1S/C15H27N3O3/c1-12-10-16(2)7-3-8-18(12)15(21)17-9-6-13(11-17)4-5-14(19)20/h12-13H,3-11H2,1-2H3,(H,19,20). The quantitative estimate of drug-likeness (QED) is 0.853. The van der Waals surface area contributed by atoms with Gasteiger partial charge < -0.3 is 19.8 Å². The van der Waals surface area contributed by atoms with Crippen LogP contribution in [0.25, 0.3) is 0 Å². The maximum absolute atomic E-state index is 12.7. The first kappa shape index (κ1) is 16.1. The van der Waals surface area contributed by atoms with E-state index in [1.807, 2.05) is 9.80 Å². The summed E-state index contributed by atoms with van der Waals surface area (Å²) >= 11 is 0. The molecular formula is C15H27N3O3. The van der Waals surface area contributed by atoms with Gasteiger partial charge >= 0.3 is 12.0 Å². The zero-order valence-corrected chi connectivity index (χ0v) is 13.1. The Hall–Kier alpha value is -1.30. The second-order valence-corrected chi connectivity index (χ2v) is 6.47. The Morgan fingerprint density at radius 2 is 1.95 bits per heavy atom. The lowest BCUT2D eigenvalue weighted by molar-refractivity contribution is -0.137. The number of nitrogens with zero attached hydrogens (tertiary/aromatic N) is 3. The number of likely N-dealkylation sites (N-methyl/N-ethyl adjacent to an activating group) is 1. The molecule has 0 aliphatic carbocycles. The lowest BCUT2D eigenvalue weighted by atomic mass is 10.0. The molecule has 0 radical (unpaired) electrons. The van der Waals surface area contributed by atoms with Crippen LogP contribution in [0.4, 0.5) is 4.79 Å². The maximum atomic E-state index is 12.7. The fourth-order valence-electron chi connectivity index (χ4n) is 3.41. The van der Waals surface area contributed by atoms with Crippen molar-refractivity contribution < 1.29 is 14.7 Å². The van der Waals surface area contributed by atoms with Crippen LogP contribution in [0.2, 0.25) is 0 Å². The van der Waals surface area contributed by atoms with Gasteiger partial charge in [-0.25, -0.2) is 4.79 Å². The predicted molar refractivity (Wildman–Crippen MR) is 80.2 cm³/mol. The third-order valence-corrected chi connectivity index (χ3v) is 4.62. The summed E-state index contributed by atoms with van der Waals surface area (Å²) in [6, 6.07) is 0.374. The lowest BCUT2D eigenvalue weighted by Gasteiger charge is -2.32. The van der Waals surface area contributed by atoms with E-state index in [9.17, 15) is 9.59 Å². The van der Waals surface area contributed by atoms with Crippen LogP contribution < -0.4 is 0 Å². The predicted octanol–water partition coefficient (Wildman–Crippen LogP) is 1.32. The number of aliphatic carboxylic acids is 1. The van der Waals surface area contributed by atoms with Gasteiger partial charge in [0.05, 0.1) is 0 Å². The number of carboxylic acids is 1. The molecule has 2 heterocycles. The maximum Gasteiger partial charge on any atom is 0.320 e. The lowest BCUT2D eigenvalue weighted by Crippen LogP contribution is -2.48. The van der Waals surface area contributed by atoms with Crippen LogP contribution >= 0.6 is 0 Å². The summed E-state index contributed by atoms with van der Waals surface area (Å²) in [6.45, 7) is 6.36. The van der Waals surface area contributed by atoms with Crippen LogP contribution in [0.15, 0.2) is 0 Å². The van der Waals surface area contributed by atoms with Gasteiger partial charge in [0.2, 0.25) is 0 Å². The van der Waals surface area contributed by atoms with Crippen LogP contribution in [0.1, 0.15) is 32.6 Å². The van der Waals surface area contributed by atoms with Crippen molar-refractivity contribution in [3.8, 4) is 0 Å². The molecule has 0 bridgehead atoms. The number of hydrogen-bond donors (Lipinski definition) is 1. The molecule has 2 aliphatic rings. The summed E-state index contributed by atoms with van der Waals surface area (Å²) in [7, 11) is 2.10. The molecule has 6 heteroatoms. The van der Waals surface area contributed by atoms with Crippen LogP contribution in [-0.4, -0.2) is 77.6 Å². The van der Waals surface area contributed by atoms with Crippen LogP contribution in [0, 0.1) is 5.92 Å². The fourth-order valence-corrected chi connectivity index (χ4v) is 3.41. The average molecular weight is 297 g/mol. The van der Waals surface area contributed by atoms with E-state index in [0.717, 1.165) is 39.0 Å². The first-order valence-corrected chi connectivity index (χ1v) is 7.93. The summed E-state index contributed by atoms with van der Waals surface area (Å²) in [6.07, 6.45) is 2.83. The third kappa shape index (κ3) is 4.33. The summed E-state index contributed by atoms with van der Waals surface area (Å²) in [5.74, 6) is -0.404. The van der Waals surface area contributed by atoms with Crippen LogP contribution in [-0.2, 0) is 4.79 Å². The summed E-state index contributed by atoms with van der Waals surface area (Å²) in [5.41, 5.74) is 0. The van der Waals surface area contributed by atoms with Gasteiger partial charge in [-0.1, -0.05) is 0 Å². The summed E-state index contributed by atoms with van der Waals surface area (Å²) in [5, 5.41) is 8.75. The number of carbonyl (C=O) groups excluding carboxylic acids is 1. The number of carbonyl (C=O) groups is 2. The highest BCUT2D eigenvalue weighted by Gasteiger charge is 2.32. The molecule has 0 saturated carbocycles. The molecule has 0 aromatic heterocycles. The molecule has 120 valence electrons. The summed E-state index contributed by atoms with van der Waals surface area (Å²) in [4.78, 5) is 29.5. The van der Waals surface area contributed by atoms with E-state index >= 15 is 0 Å². The number of hydrogen-bond acceptors (Lipinski definition) is 3. The summed E-state index contributed by atoms with van der Waals surface area (Å²) < 4.78 is 0. The fraction of sp³-hybridized carbons (Fsp3) is 0.867. The molecule has 6 nitrogen and oxygen atoms in total. The van der Waals surface area contributed by atoms with E-state index in [0.29, 0.717) is 18.9 Å². The number of urea groups is 1. The Morgan fingerprint density at radius 1 is 1.19 bits per heavy atom. The van der Waals surface area contributed by atoms with Crippen molar-refractivity contribution in [2.24, 2.45) is 5.92 Å². The Bertz CT molecular complexity index is 388. The van der Waals surface area contributed by atoms with E-state index in [1.54, 1.807) is 0 Å². The first-order chi connectivity index (χ1) is 9.97. The molecule has 0 spiro atoms. The molecule has 0 aromatic rings. The number of carboxylic acid groups (broad SMARTS) is 1. The minimum Gasteiger partial charge on any atom is -0.481 e. The Labute approximate surface area is 126 Å². The molecule has 2 saturated heterocycles. The van der Waals surface area contributed by atoms with E-state index in [1.165, 1.54) is 0 Å². The van der Waals surface area contributed by atoms with Crippen LogP contribution in [0.5, 0.6) is 0 Å². The van der Waals surface area contributed by atoms with Gasteiger partial charge in [0.25, 0.3) is 0 Å². The van der Waals surface area contributed by atoms with E-state index in [-0.39, 0.29) is 18.5 Å². The highest BCUT2D eigenvalue weighted by molar-refractivity contribution is 5.75. The Kier molecular flexibility index (Phi) is 5.45. The minimum absolute atomic E-state index is 0.135. The van der Waals surface area contributed by atoms with E-state index in [4.69, 9.17) is 5.11 Å². The Morgan fingerprint density at radius 3 is 2.67 bits per heavy atom. The molecule has 2 fully saturated rings. The largest absolute Gasteiger partial charge is 0.481 e. The van der Waals surface area contributed by atoms with Gasteiger partial charge in [0, 0.05) is 38.6 Å². The highest BCUT2D eigenvalue weighted by atomic mass is 16.4. The van der Waals surface area contributed by atoms with Crippen molar-refractivity contribution in [2.45, 2.75) is 38.6 Å². The Balaban J connectivity index is 1.87. The average Bonchev–Trinajstić information content (AvgIpc) is 2.82. The molecule has 21 heavy (non-hydrogen) atoms. The molecule has 2 rings (SSSR count). The molecule has 0 aromatic carbocycles. The van der Waals surface area contributed by atoms with Gasteiger partial charge in [-0.15, -0.1) is 0 Å². The molecule has 2 aliphatic heterocycles.